The molecule has 168 valence electrons. The van der Waals surface area contributed by atoms with Gasteiger partial charge in [0.2, 0.25) is 0 Å². The van der Waals surface area contributed by atoms with Gasteiger partial charge in [-0.25, -0.2) is 4.39 Å². The van der Waals surface area contributed by atoms with Gasteiger partial charge in [0.05, 0.1) is 6.42 Å². The Morgan fingerprint density at radius 1 is 1.23 bits per heavy atom. The van der Waals surface area contributed by atoms with E-state index in [9.17, 15) is 14.3 Å². The fourth-order valence-electron chi connectivity index (χ4n) is 3.69. The Labute approximate surface area is 186 Å². The van der Waals surface area contributed by atoms with Crippen molar-refractivity contribution in [2.75, 3.05) is 26.2 Å². The SMILES string of the molecule is O=C(O)Cc1ccccc1OC[C@@H](O)CNC1CCN(Cc2ccc(F)cc2Cl)CC1. The van der Waals surface area contributed by atoms with Gasteiger partial charge in [-0.05, 0) is 49.7 Å². The second-order valence-electron chi connectivity index (χ2n) is 7.84. The van der Waals surface area contributed by atoms with Crippen LogP contribution in [0.1, 0.15) is 24.0 Å². The molecular weight excluding hydrogens is 423 g/mol. The molecule has 0 radical (unpaired) electrons. The first-order valence-corrected chi connectivity index (χ1v) is 10.8. The van der Waals surface area contributed by atoms with Crippen LogP contribution in [0.3, 0.4) is 0 Å². The van der Waals surface area contributed by atoms with E-state index in [-0.39, 0.29) is 18.8 Å². The van der Waals surface area contributed by atoms with E-state index in [1.807, 2.05) is 0 Å². The molecule has 1 aliphatic rings. The van der Waals surface area contributed by atoms with Crippen LogP contribution in [-0.4, -0.2) is 59.5 Å². The number of halogens is 2. The summed E-state index contributed by atoms with van der Waals surface area (Å²) in [7, 11) is 0. The highest BCUT2D eigenvalue weighted by molar-refractivity contribution is 6.31. The topological polar surface area (TPSA) is 82.0 Å². The van der Waals surface area contributed by atoms with Crippen molar-refractivity contribution in [3.8, 4) is 5.75 Å². The van der Waals surface area contributed by atoms with Crippen molar-refractivity contribution < 1.29 is 24.1 Å². The Kier molecular flexibility index (Phi) is 8.66. The van der Waals surface area contributed by atoms with E-state index in [4.69, 9.17) is 21.4 Å². The number of ether oxygens (including phenoxy) is 1. The van der Waals surface area contributed by atoms with Crippen LogP contribution >= 0.6 is 11.6 Å². The lowest BCUT2D eigenvalue weighted by Gasteiger charge is -2.33. The summed E-state index contributed by atoms with van der Waals surface area (Å²) in [5.74, 6) is -0.771. The highest BCUT2D eigenvalue weighted by Gasteiger charge is 2.20. The molecule has 8 heteroatoms. The van der Waals surface area contributed by atoms with Crippen LogP contribution in [0.15, 0.2) is 42.5 Å². The Morgan fingerprint density at radius 3 is 2.68 bits per heavy atom. The molecule has 0 unspecified atom stereocenters. The number of aliphatic hydroxyl groups excluding tert-OH is 1. The van der Waals surface area contributed by atoms with E-state index in [0.29, 0.717) is 35.5 Å². The zero-order valence-electron chi connectivity index (χ0n) is 17.3. The number of nitrogens with one attached hydrogen (secondary N) is 1. The maximum absolute atomic E-state index is 13.2. The van der Waals surface area contributed by atoms with E-state index in [1.165, 1.54) is 12.1 Å². The Balaban J connectivity index is 1.37. The summed E-state index contributed by atoms with van der Waals surface area (Å²) >= 11 is 6.12. The Bertz CT molecular complexity index is 874. The van der Waals surface area contributed by atoms with Gasteiger partial charge in [-0.1, -0.05) is 35.9 Å². The predicted molar refractivity (Wildman–Crippen MR) is 117 cm³/mol. The van der Waals surface area contributed by atoms with Crippen molar-refractivity contribution in [3.63, 3.8) is 0 Å². The minimum Gasteiger partial charge on any atom is -0.491 e. The number of aliphatic carboxylic acids is 1. The molecule has 0 amide bonds. The number of carboxylic acid groups (broad SMARTS) is 1. The van der Waals surface area contributed by atoms with Gasteiger partial charge >= 0.3 is 5.97 Å². The average Bonchev–Trinajstić information content (AvgIpc) is 2.74. The molecule has 31 heavy (non-hydrogen) atoms. The number of hydrogen-bond acceptors (Lipinski definition) is 5. The van der Waals surface area contributed by atoms with Crippen molar-refractivity contribution >= 4 is 17.6 Å². The molecule has 1 fully saturated rings. The van der Waals surface area contributed by atoms with E-state index in [2.05, 4.69) is 10.2 Å². The second kappa shape index (κ2) is 11.4. The van der Waals surface area contributed by atoms with Gasteiger partial charge in [0.25, 0.3) is 0 Å². The van der Waals surface area contributed by atoms with Gasteiger partial charge in [-0.15, -0.1) is 0 Å². The fourth-order valence-corrected chi connectivity index (χ4v) is 3.91. The number of benzene rings is 2. The van der Waals surface area contributed by atoms with Gasteiger partial charge in [-0.3, -0.25) is 9.69 Å². The monoisotopic (exact) mass is 450 g/mol. The molecule has 1 atom stereocenters. The third kappa shape index (κ3) is 7.47. The van der Waals surface area contributed by atoms with Crippen molar-refractivity contribution in [3.05, 3.63) is 64.4 Å². The first-order chi connectivity index (χ1) is 14.9. The number of carboxylic acids is 1. The average molecular weight is 451 g/mol. The molecule has 3 rings (SSSR count). The van der Waals surface area contributed by atoms with Gasteiger partial charge < -0.3 is 20.3 Å². The highest BCUT2D eigenvalue weighted by atomic mass is 35.5. The van der Waals surface area contributed by atoms with E-state index in [1.54, 1.807) is 30.3 Å². The molecule has 0 bridgehead atoms. The van der Waals surface area contributed by atoms with Crippen LogP contribution in [0.25, 0.3) is 0 Å². The highest BCUT2D eigenvalue weighted by Crippen LogP contribution is 2.21. The number of rotatable bonds is 10. The molecule has 1 heterocycles. The Morgan fingerprint density at radius 2 is 1.97 bits per heavy atom. The smallest absolute Gasteiger partial charge is 0.307 e. The number of carbonyl (C=O) groups is 1. The fraction of sp³-hybridized carbons (Fsp3) is 0.435. The maximum Gasteiger partial charge on any atom is 0.307 e. The van der Waals surface area contributed by atoms with Crippen molar-refractivity contribution in [2.24, 2.45) is 0 Å². The zero-order valence-corrected chi connectivity index (χ0v) is 18.0. The molecule has 0 spiro atoms. The standard InChI is InChI=1S/C23H28ClFN2O4/c24-21-12-18(25)6-5-17(21)14-27-9-7-19(8-10-27)26-13-20(28)15-31-22-4-2-1-3-16(22)11-23(29)30/h1-6,12,19-20,26,28H,7-11,13-15H2,(H,29,30)/t20-/m0/s1. The first-order valence-electron chi connectivity index (χ1n) is 10.4. The first kappa shape index (κ1) is 23.5. The largest absolute Gasteiger partial charge is 0.491 e. The van der Waals surface area contributed by atoms with Crippen molar-refractivity contribution in [2.45, 2.75) is 38.0 Å². The number of para-hydroxylation sites is 1. The van der Waals surface area contributed by atoms with Gasteiger partial charge in [0.15, 0.2) is 0 Å². The summed E-state index contributed by atoms with van der Waals surface area (Å²) in [4.78, 5) is 13.2. The molecule has 6 nitrogen and oxygen atoms in total. The van der Waals surface area contributed by atoms with E-state index >= 15 is 0 Å². The van der Waals surface area contributed by atoms with Crippen LogP contribution in [0.4, 0.5) is 4.39 Å². The molecule has 1 saturated heterocycles. The minimum atomic E-state index is -0.925. The van der Waals surface area contributed by atoms with Gasteiger partial charge in [-0.2, -0.15) is 0 Å². The number of likely N-dealkylation sites (tertiary alicyclic amines) is 1. The molecule has 3 N–H and O–H groups in total. The zero-order chi connectivity index (χ0) is 22.2. The quantitative estimate of drug-likeness (QED) is 0.516. The number of piperidine rings is 1. The second-order valence-corrected chi connectivity index (χ2v) is 8.24. The molecule has 0 aliphatic carbocycles. The molecule has 0 aromatic heterocycles. The van der Waals surface area contributed by atoms with Crippen LogP contribution in [0, 0.1) is 5.82 Å². The third-order valence-electron chi connectivity index (χ3n) is 5.38. The summed E-state index contributed by atoms with van der Waals surface area (Å²) in [5, 5.41) is 23.1. The summed E-state index contributed by atoms with van der Waals surface area (Å²) in [5.41, 5.74) is 1.51. The molecule has 2 aromatic rings. The van der Waals surface area contributed by atoms with Crippen molar-refractivity contribution in [1.29, 1.82) is 0 Å². The van der Waals surface area contributed by atoms with Gasteiger partial charge in [0.1, 0.15) is 24.3 Å². The number of nitrogens with zero attached hydrogens (tertiary/aromatic N) is 1. The van der Waals surface area contributed by atoms with Crippen LogP contribution < -0.4 is 10.1 Å². The molecule has 2 aromatic carbocycles. The minimum absolute atomic E-state index is 0.0888. The van der Waals surface area contributed by atoms with Gasteiger partial charge in [0, 0.05) is 29.7 Å². The van der Waals surface area contributed by atoms with Crippen LogP contribution in [0.5, 0.6) is 5.75 Å². The summed E-state index contributed by atoms with van der Waals surface area (Å²) in [6, 6.07) is 11.8. The molecule has 1 aliphatic heterocycles. The Hall–Kier alpha value is -2.19. The number of aliphatic hydroxyl groups is 1. The van der Waals surface area contributed by atoms with Crippen LogP contribution in [0.2, 0.25) is 5.02 Å². The third-order valence-corrected chi connectivity index (χ3v) is 5.74. The molecule has 0 saturated carbocycles. The summed E-state index contributed by atoms with van der Waals surface area (Å²) in [6.45, 7) is 2.96. The number of hydrogen-bond donors (Lipinski definition) is 3. The lowest BCUT2D eigenvalue weighted by Crippen LogP contribution is -2.45. The maximum atomic E-state index is 13.2. The summed E-state index contributed by atoms with van der Waals surface area (Å²) in [6.07, 6.45) is 1.06. The lowest BCUT2D eigenvalue weighted by molar-refractivity contribution is -0.136. The summed E-state index contributed by atoms with van der Waals surface area (Å²) < 4.78 is 18.8. The van der Waals surface area contributed by atoms with E-state index in [0.717, 1.165) is 31.5 Å². The van der Waals surface area contributed by atoms with Crippen molar-refractivity contribution in [1.82, 2.24) is 10.2 Å². The normalized spacial score (nSPS) is 16.2. The predicted octanol–water partition coefficient (Wildman–Crippen LogP) is 3.10. The molecular formula is C23H28ClFN2O4. The van der Waals surface area contributed by atoms with E-state index < -0.39 is 12.1 Å². The lowest BCUT2D eigenvalue weighted by atomic mass is 10.0. The van der Waals surface area contributed by atoms with Crippen LogP contribution in [-0.2, 0) is 17.8 Å².